The number of hydrogen-bond acceptors (Lipinski definition) is 2. The minimum Gasteiger partial charge on any atom is -0.456 e. The monoisotopic (exact) mass is 367 g/mol. The summed E-state index contributed by atoms with van der Waals surface area (Å²) in [6.07, 6.45) is 0.945. The number of rotatable bonds is 5. The smallest absolute Gasteiger partial charge is 0.135 e. The summed E-state index contributed by atoms with van der Waals surface area (Å²) in [7, 11) is 0. The molecule has 1 aromatic heterocycles. The van der Waals surface area contributed by atoms with Gasteiger partial charge in [0.25, 0.3) is 0 Å². The fourth-order valence-electron chi connectivity index (χ4n) is 4.21. The number of likely N-dealkylation sites (tertiary alicyclic amines) is 1. The molecule has 2 heterocycles. The van der Waals surface area contributed by atoms with E-state index in [0.717, 1.165) is 35.8 Å². The van der Waals surface area contributed by atoms with Gasteiger partial charge in [-0.25, -0.2) is 0 Å². The van der Waals surface area contributed by atoms with Gasteiger partial charge in [0, 0.05) is 30.6 Å². The Kier molecular flexibility index (Phi) is 4.50. The van der Waals surface area contributed by atoms with Crippen LogP contribution in [0.25, 0.3) is 22.3 Å². The van der Waals surface area contributed by atoms with Crippen molar-refractivity contribution in [2.75, 3.05) is 13.1 Å². The van der Waals surface area contributed by atoms with Gasteiger partial charge in [-0.1, -0.05) is 61.5 Å². The second-order valence-electron chi connectivity index (χ2n) is 8.14. The predicted molar refractivity (Wildman–Crippen MR) is 115 cm³/mol. The van der Waals surface area contributed by atoms with Crippen molar-refractivity contribution in [3.05, 3.63) is 95.6 Å². The van der Waals surface area contributed by atoms with Crippen LogP contribution in [-0.2, 0) is 13.0 Å². The van der Waals surface area contributed by atoms with Gasteiger partial charge in [-0.15, -0.1) is 0 Å². The first kappa shape index (κ1) is 17.3. The standard InChI is InChI=1S/C26H25NO/c1-19-16-27(17-19)18-22-8-5-9-23(14-22)26-15-24-13-21(10-11-25(24)28-26)12-20-6-3-2-4-7-20/h2-11,13-15,19H,12,16-18H2,1H3. The van der Waals surface area contributed by atoms with Crippen LogP contribution in [0.1, 0.15) is 23.6 Å². The largest absolute Gasteiger partial charge is 0.456 e. The fraction of sp³-hybridized carbons (Fsp3) is 0.231. The maximum atomic E-state index is 6.16. The third-order valence-corrected chi connectivity index (χ3v) is 5.59. The first-order valence-corrected chi connectivity index (χ1v) is 10.1. The summed E-state index contributed by atoms with van der Waals surface area (Å²) >= 11 is 0. The molecule has 0 spiro atoms. The molecular weight excluding hydrogens is 342 g/mol. The lowest BCUT2D eigenvalue weighted by Gasteiger charge is -2.37. The average molecular weight is 367 g/mol. The highest BCUT2D eigenvalue weighted by atomic mass is 16.3. The van der Waals surface area contributed by atoms with Crippen molar-refractivity contribution >= 4 is 11.0 Å². The number of benzene rings is 3. The normalized spacial score (nSPS) is 15.0. The molecule has 0 aliphatic carbocycles. The summed E-state index contributed by atoms with van der Waals surface area (Å²) in [4.78, 5) is 2.50. The Morgan fingerprint density at radius 2 is 1.64 bits per heavy atom. The van der Waals surface area contributed by atoms with Crippen LogP contribution in [0.4, 0.5) is 0 Å². The van der Waals surface area contributed by atoms with Gasteiger partial charge in [-0.3, -0.25) is 4.90 Å². The molecule has 0 N–H and O–H groups in total. The molecule has 0 unspecified atom stereocenters. The summed E-state index contributed by atoms with van der Waals surface area (Å²) in [5, 5.41) is 1.17. The van der Waals surface area contributed by atoms with E-state index in [1.165, 1.54) is 35.2 Å². The summed E-state index contributed by atoms with van der Waals surface area (Å²) < 4.78 is 6.16. The number of fused-ring (bicyclic) bond motifs is 1. The van der Waals surface area contributed by atoms with E-state index in [1.807, 2.05) is 0 Å². The van der Waals surface area contributed by atoms with Gasteiger partial charge in [0.1, 0.15) is 11.3 Å². The summed E-state index contributed by atoms with van der Waals surface area (Å²) in [6.45, 7) is 5.76. The quantitative estimate of drug-likeness (QED) is 0.421. The van der Waals surface area contributed by atoms with E-state index in [2.05, 4.69) is 90.7 Å². The van der Waals surface area contributed by atoms with Crippen LogP contribution < -0.4 is 0 Å². The summed E-state index contributed by atoms with van der Waals surface area (Å²) in [5.41, 5.74) is 6.11. The molecule has 0 bridgehead atoms. The van der Waals surface area contributed by atoms with E-state index >= 15 is 0 Å². The van der Waals surface area contributed by atoms with E-state index in [4.69, 9.17) is 4.42 Å². The molecule has 0 radical (unpaired) electrons. The number of nitrogens with zero attached hydrogens (tertiary/aromatic N) is 1. The van der Waals surface area contributed by atoms with Crippen molar-refractivity contribution in [1.29, 1.82) is 0 Å². The van der Waals surface area contributed by atoms with Crippen LogP contribution in [0.3, 0.4) is 0 Å². The molecule has 1 aliphatic rings. The second kappa shape index (κ2) is 7.29. The van der Waals surface area contributed by atoms with E-state index in [1.54, 1.807) is 0 Å². The Morgan fingerprint density at radius 1 is 0.821 bits per heavy atom. The van der Waals surface area contributed by atoms with E-state index in [-0.39, 0.29) is 0 Å². The number of hydrogen-bond donors (Lipinski definition) is 0. The molecule has 3 aromatic carbocycles. The molecule has 0 amide bonds. The van der Waals surface area contributed by atoms with Crippen LogP contribution in [0.15, 0.2) is 83.3 Å². The molecule has 2 nitrogen and oxygen atoms in total. The SMILES string of the molecule is CC1CN(Cc2cccc(-c3cc4cc(Cc5ccccc5)ccc4o3)c2)C1. The van der Waals surface area contributed by atoms with Crippen molar-refractivity contribution in [2.45, 2.75) is 19.9 Å². The van der Waals surface area contributed by atoms with Gasteiger partial charge in [-0.2, -0.15) is 0 Å². The maximum Gasteiger partial charge on any atom is 0.135 e. The highest BCUT2D eigenvalue weighted by Gasteiger charge is 2.22. The Morgan fingerprint density at radius 3 is 2.46 bits per heavy atom. The van der Waals surface area contributed by atoms with Crippen LogP contribution in [0.5, 0.6) is 0 Å². The molecule has 1 saturated heterocycles. The molecule has 0 atom stereocenters. The van der Waals surface area contributed by atoms with E-state index in [9.17, 15) is 0 Å². The Labute approximate surface area is 166 Å². The van der Waals surface area contributed by atoms with Crippen LogP contribution in [0.2, 0.25) is 0 Å². The van der Waals surface area contributed by atoms with Crippen molar-refractivity contribution in [3.63, 3.8) is 0 Å². The Balaban J connectivity index is 1.39. The van der Waals surface area contributed by atoms with Gasteiger partial charge in [-0.05, 0) is 53.3 Å². The van der Waals surface area contributed by atoms with Crippen LogP contribution >= 0.6 is 0 Å². The molecular formula is C26H25NO. The van der Waals surface area contributed by atoms with Gasteiger partial charge in [0.15, 0.2) is 0 Å². The Bertz CT molecular complexity index is 1090. The minimum absolute atomic E-state index is 0.837. The van der Waals surface area contributed by atoms with Crippen molar-refractivity contribution in [3.8, 4) is 11.3 Å². The van der Waals surface area contributed by atoms with Crippen LogP contribution in [0, 0.1) is 5.92 Å². The lowest BCUT2D eigenvalue weighted by atomic mass is 10.0. The lowest BCUT2D eigenvalue weighted by molar-refractivity contribution is 0.105. The van der Waals surface area contributed by atoms with Gasteiger partial charge in [0.2, 0.25) is 0 Å². The lowest BCUT2D eigenvalue weighted by Crippen LogP contribution is -2.44. The first-order chi connectivity index (χ1) is 13.7. The predicted octanol–water partition coefficient (Wildman–Crippen LogP) is 6.14. The molecule has 5 rings (SSSR count). The highest BCUT2D eigenvalue weighted by Crippen LogP contribution is 2.30. The zero-order valence-corrected chi connectivity index (χ0v) is 16.3. The zero-order chi connectivity index (χ0) is 18.9. The van der Waals surface area contributed by atoms with Crippen molar-refractivity contribution in [2.24, 2.45) is 5.92 Å². The molecule has 1 aliphatic heterocycles. The molecule has 4 aromatic rings. The fourth-order valence-corrected chi connectivity index (χ4v) is 4.21. The van der Waals surface area contributed by atoms with Gasteiger partial charge < -0.3 is 4.42 Å². The molecule has 28 heavy (non-hydrogen) atoms. The van der Waals surface area contributed by atoms with Gasteiger partial charge in [0.05, 0.1) is 0 Å². The molecule has 0 saturated carbocycles. The summed E-state index contributed by atoms with van der Waals surface area (Å²) in [5.74, 6) is 1.79. The number of furan rings is 1. The second-order valence-corrected chi connectivity index (χ2v) is 8.14. The van der Waals surface area contributed by atoms with Crippen LogP contribution in [-0.4, -0.2) is 18.0 Å². The molecule has 1 fully saturated rings. The van der Waals surface area contributed by atoms with E-state index < -0.39 is 0 Å². The van der Waals surface area contributed by atoms with Gasteiger partial charge >= 0.3 is 0 Å². The molecule has 2 heteroatoms. The zero-order valence-electron chi connectivity index (χ0n) is 16.3. The average Bonchev–Trinajstić information content (AvgIpc) is 3.11. The van der Waals surface area contributed by atoms with Crippen molar-refractivity contribution in [1.82, 2.24) is 4.90 Å². The highest BCUT2D eigenvalue weighted by molar-refractivity contribution is 5.83. The third-order valence-electron chi connectivity index (χ3n) is 5.59. The van der Waals surface area contributed by atoms with E-state index in [0.29, 0.717) is 0 Å². The summed E-state index contributed by atoms with van der Waals surface area (Å²) in [6, 6.07) is 28.1. The molecule has 140 valence electrons. The van der Waals surface area contributed by atoms with Crippen molar-refractivity contribution < 1.29 is 4.42 Å². The topological polar surface area (TPSA) is 16.4 Å². The first-order valence-electron chi connectivity index (χ1n) is 10.1. The Hall–Kier alpha value is -2.84. The maximum absolute atomic E-state index is 6.16. The third kappa shape index (κ3) is 3.61. The minimum atomic E-state index is 0.837.